The summed E-state index contributed by atoms with van der Waals surface area (Å²) in [5.41, 5.74) is 0. The third kappa shape index (κ3) is 104. The van der Waals surface area contributed by atoms with Crippen LogP contribution >= 0.6 is 9.90 Å². The van der Waals surface area contributed by atoms with Gasteiger partial charge in [-0.05, 0) is 0 Å². The third-order valence-electron chi connectivity index (χ3n) is 0. The summed E-state index contributed by atoms with van der Waals surface area (Å²) >= 11 is 0. The van der Waals surface area contributed by atoms with Crippen molar-refractivity contribution >= 4 is 36.3 Å². The average molecular weight is 251 g/mol. The van der Waals surface area contributed by atoms with Gasteiger partial charge in [0.15, 0.2) is 17.4 Å². The molecule has 0 radical (unpaired) electrons. The number of hydrogen-bond acceptors (Lipinski definition) is 4. The summed E-state index contributed by atoms with van der Waals surface area (Å²) in [6, 6.07) is 0. The van der Waals surface area contributed by atoms with Crippen LogP contribution in [0.3, 0.4) is 0 Å². The van der Waals surface area contributed by atoms with Gasteiger partial charge in [-0.3, -0.25) is 0 Å². The molecular formula is H10AlO4PSiZr. The molecule has 8 heavy (non-hydrogen) atoms. The van der Waals surface area contributed by atoms with Crippen LogP contribution < -0.4 is 0 Å². The molecule has 0 aromatic rings. The molecule has 50 valence electrons. The molecule has 0 aromatic heterocycles. The molecule has 0 saturated carbocycles. The first-order valence-corrected chi connectivity index (χ1v) is 2.68. The summed E-state index contributed by atoms with van der Waals surface area (Å²) in [6.07, 6.45) is 0. The Balaban J connectivity index is -0.0000000267. The molecule has 1 atom stereocenters. The molecule has 0 fully saturated rings. The van der Waals surface area contributed by atoms with E-state index in [0.29, 0.717) is 0 Å². The second-order valence-corrected chi connectivity index (χ2v) is 1.80. The van der Waals surface area contributed by atoms with Crippen molar-refractivity contribution < 1.29 is 45.4 Å². The molecule has 0 bridgehead atoms. The zero-order valence-corrected chi connectivity index (χ0v) is 8.37. The fourth-order valence-electron chi connectivity index (χ4n) is 0. The predicted octanol–water partition coefficient (Wildman–Crippen LogP) is -3.74. The molecule has 0 amide bonds. The van der Waals surface area contributed by atoms with E-state index in [2.05, 4.69) is 0 Å². The van der Waals surface area contributed by atoms with Crippen LogP contribution in [0.2, 0.25) is 0 Å². The van der Waals surface area contributed by atoms with Gasteiger partial charge >= 0.3 is 9.05 Å². The van der Waals surface area contributed by atoms with Crippen molar-refractivity contribution in [3.63, 3.8) is 0 Å². The molecule has 4 nitrogen and oxygen atoms in total. The van der Waals surface area contributed by atoms with E-state index < -0.39 is 9.05 Å². The van der Waals surface area contributed by atoms with E-state index in [1.165, 1.54) is 0 Å². The fourth-order valence-corrected chi connectivity index (χ4v) is 0. The summed E-state index contributed by atoms with van der Waals surface area (Å²) in [7, 11) is -4.61. The van der Waals surface area contributed by atoms with Crippen molar-refractivity contribution in [2.45, 2.75) is 0 Å². The Morgan fingerprint density at radius 3 is 0.875 bits per heavy atom. The van der Waals surface area contributed by atoms with Crippen molar-refractivity contribution in [2.75, 3.05) is 0 Å². The molecule has 0 aliphatic rings. The van der Waals surface area contributed by atoms with E-state index in [1.54, 1.807) is 0 Å². The van der Waals surface area contributed by atoms with Crippen LogP contribution in [-0.2, 0) is 26.2 Å². The molecule has 0 spiro atoms. The summed E-state index contributed by atoms with van der Waals surface area (Å²) in [4.78, 5) is 29.3. The monoisotopic (exact) mass is 250 g/mol. The Bertz CT molecular complexity index is 31.5. The first kappa shape index (κ1) is 22.5. The van der Waals surface area contributed by atoms with E-state index >= 15 is 0 Å². The van der Waals surface area contributed by atoms with Gasteiger partial charge in [0, 0.05) is 26.2 Å². The van der Waals surface area contributed by atoms with Gasteiger partial charge in [-0.25, -0.2) is 0 Å². The van der Waals surface area contributed by atoms with Crippen LogP contribution in [-0.4, -0.2) is 45.6 Å². The normalized spacial score (nSPS) is 7.50. The van der Waals surface area contributed by atoms with Crippen LogP contribution in [0.1, 0.15) is 0 Å². The van der Waals surface area contributed by atoms with Gasteiger partial charge in [0.2, 0.25) is 0 Å². The number of rotatable bonds is 0. The zero-order chi connectivity index (χ0) is 4.50. The Morgan fingerprint density at radius 1 is 0.875 bits per heavy atom. The van der Waals surface area contributed by atoms with Crippen molar-refractivity contribution in [1.82, 2.24) is 0 Å². The van der Waals surface area contributed by atoms with Gasteiger partial charge in [-0.2, -0.15) is 9.90 Å². The Hall–Kier alpha value is 1.90. The van der Waals surface area contributed by atoms with E-state index in [4.69, 9.17) is 19.2 Å². The Labute approximate surface area is 81.3 Å². The van der Waals surface area contributed by atoms with Gasteiger partial charge in [0.25, 0.3) is 0 Å². The van der Waals surface area contributed by atoms with E-state index in [-0.39, 0.29) is 53.5 Å². The molecular weight excluding hydrogens is 241 g/mol. The number of hydrogen-bond donors (Lipinski definition) is 4. The van der Waals surface area contributed by atoms with Crippen LogP contribution in [0.4, 0.5) is 0 Å². The summed E-state index contributed by atoms with van der Waals surface area (Å²) in [5, 5.41) is 0. The molecule has 0 aromatic carbocycles. The minimum atomic E-state index is -4.61. The largest absolute Gasteiger partial charge is 0.668 e. The van der Waals surface area contributed by atoms with Crippen molar-refractivity contribution in [1.29, 1.82) is 0 Å². The molecule has 4 N–H and O–H groups in total. The average Bonchev–Trinajstić information content (AvgIpc) is 0.722. The van der Waals surface area contributed by atoms with Crippen LogP contribution in [0.5, 0.6) is 0 Å². The second kappa shape index (κ2) is 8.90. The first-order valence-electron chi connectivity index (χ1n) is 0.894. The van der Waals surface area contributed by atoms with Crippen molar-refractivity contribution in [3.8, 4) is 0 Å². The molecule has 0 saturated heterocycles. The van der Waals surface area contributed by atoms with Crippen molar-refractivity contribution in [2.24, 2.45) is 0 Å². The van der Waals surface area contributed by atoms with Crippen LogP contribution in [0, 0.1) is 0 Å². The maximum absolute atomic E-state index is 7.33. The minimum absolute atomic E-state index is 0. The van der Waals surface area contributed by atoms with E-state index in [0.717, 1.165) is 0 Å². The van der Waals surface area contributed by atoms with Gasteiger partial charge in [-0.1, -0.05) is 0 Å². The molecule has 0 aliphatic carbocycles. The maximum atomic E-state index is 7.33. The molecule has 0 rings (SSSR count). The molecule has 1 unspecified atom stereocenters. The first-order chi connectivity index (χ1) is 2.00. The Morgan fingerprint density at radius 2 is 0.875 bits per heavy atom. The van der Waals surface area contributed by atoms with E-state index in [1.807, 2.05) is 0 Å². The van der Waals surface area contributed by atoms with Gasteiger partial charge in [0.1, 0.15) is 0 Å². The minimum Gasteiger partial charge on any atom is -0.368 e. The zero-order valence-electron chi connectivity index (χ0n) is 3.50. The fraction of sp³-hybridized carbons (Fsp3) is 0. The summed E-state index contributed by atoms with van der Waals surface area (Å²) in [5.74, 6) is 0. The molecule has 0 aliphatic heterocycles. The quantitative estimate of drug-likeness (QED) is 0.263. The van der Waals surface area contributed by atoms with Crippen LogP contribution in [0.15, 0.2) is 0 Å². The topological polar surface area (TPSA) is 80.9 Å². The second-order valence-electron chi connectivity index (χ2n) is 0.600. The third-order valence-corrected chi connectivity index (χ3v) is 0. The predicted molar refractivity (Wildman–Crippen MR) is 35.7 cm³/mol. The maximum Gasteiger partial charge on any atom is 0.668 e. The van der Waals surface area contributed by atoms with Crippen molar-refractivity contribution in [3.05, 3.63) is 0 Å². The van der Waals surface area contributed by atoms with Gasteiger partial charge in [-0.15, -0.1) is 0 Å². The summed E-state index contributed by atoms with van der Waals surface area (Å²) < 4.78 is 0. The summed E-state index contributed by atoms with van der Waals surface area (Å²) in [6.45, 7) is 0. The molecule has 0 heterocycles. The smallest absolute Gasteiger partial charge is 0.368 e. The standard InChI is InChI=1S/Al.H4O4Si.H3P.Zr.3H/c;1-5(2,3)4;;;;;/h;1-4H;1H3;;;;. The van der Waals surface area contributed by atoms with Crippen LogP contribution in [0.25, 0.3) is 0 Å². The van der Waals surface area contributed by atoms with Gasteiger partial charge in [0.05, 0.1) is 0 Å². The Kier molecular flexibility index (Phi) is 25.1. The SMILES string of the molecule is O[Si](O)(O)O.P.[AlH3].[Zr]. The van der Waals surface area contributed by atoms with Gasteiger partial charge < -0.3 is 19.2 Å². The molecule has 8 heteroatoms. The van der Waals surface area contributed by atoms with E-state index in [9.17, 15) is 0 Å².